The number of hydrogen-bond donors (Lipinski definition) is 0. The molecule has 1 rings (SSSR count). The van der Waals surface area contributed by atoms with Crippen LogP contribution in [0.4, 0.5) is 13.2 Å². The highest BCUT2D eigenvalue weighted by molar-refractivity contribution is 8.00. The lowest BCUT2D eigenvalue weighted by Gasteiger charge is -2.18. The average molecular weight is 273 g/mol. The molecular weight excluding hydrogens is 263 g/mol. The summed E-state index contributed by atoms with van der Waals surface area (Å²) in [5.74, 6) is -0.682. The van der Waals surface area contributed by atoms with E-state index in [1.165, 1.54) is 0 Å². The fourth-order valence-corrected chi connectivity index (χ4v) is 4.39. The molecule has 0 aromatic heterocycles. The summed E-state index contributed by atoms with van der Waals surface area (Å²) in [7, 11) is -3.24. The first kappa shape index (κ1) is 13.6. The minimum atomic E-state index is -4.33. The largest absolute Gasteiger partial charge is 0.441 e. The fourth-order valence-electron chi connectivity index (χ4n) is 1.62. The molecule has 0 radical (unpaired) electrons. The van der Waals surface area contributed by atoms with Crippen LogP contribution in [0.5, 0.6) is 0 Å². The molecule has 1 fully saturated rings. The third-order valence-corrected chi connectivity index (χ3v) is 5.03. The second-order valence-corrected chi connectivity index (χ2v) is 7.12. The van der Waals surface area contributed by atoms with Gasteiger partial charge in [-0.25, -0.2) is 8.42 Å². The van der Waals surface area contributed by atoms with Crippen LogP contribution in [0.1, 0.15) is 12.8 Å². The topological polar surface area (TPSA) is 57.9 Å². The van der Waals surface area contributed by atoms with Crippen molar-refractivity contribution in [1.82, 2.24) is 0 Å². The summed E-state index contributed by atoms with van der Waals surface area (Å²) in [6.07, 6.45) is 0.108. The van der Waals surface area contributed by atoms with Crippen LogP contribution >= 0.6 is 11.8 Å². The molecule has 1 aliphatic rings. The zero-order chi connectivity index (χ0) is 12.4. The van der Waals surface area contributed by atoms with Crippen molar-refractivity contribution in [2.75, 3.05) is 17.3 Å². The predicted octanol–water partition coefficient (Wildman–Crippen LogP) is 1.96. The first-order valence-electron chi connectivity index (χ1n) is 4.50. The summed E-state index contributed by atoms with van der Waals surface area (Å²) < 4.78 is 58.0. The second kappa shape index (κ2) is 4.45. The Kier molecular flexibility index (Phi) is 3.80. The van der Waals surface area contributed by atoms with Crippen LogP contribution in [0.15, 0.2) is 0 Å². The zero-order valence-electron chi connectivity index (χ0n) is 8.25. The van der Waals surface area contributed by atoms with Crippen LogP contribution in [-0.2, 0) is 9.84 Å². The van der Waals surface area contributed by atoms with Gasteiger partial charge >= 0.3 is 5.51 Å². The monoisotopic (exact) mass is 273 g/mol. The molecule has 16 heavy (non-hydrogen) atoms. The Morgan fingerprint density at radius 2 is 2.06 bits per heavy atom. The van der Waals surface area contributed by atoms with Crippen molar-refractivity contribution in [2.45, 2.75) is 18.3 Å². The van der Waals surface area contributed by atoms with Gasteiger partial charge in [0, 0.05) is 5.75 Å². The first-order valence-corrected chi connectivity index (χ1v) is 7.31. The van der Waals surface area contributed by atoms with E-state index >= 15 is 0 Å². The summed E-state index contributed by atoms with van der Waals surface area (Å²) in [5.41, 5.74) is -5.44. The molecule has 1 heterocycles. The van der Waals surface area contributed by atoms with Crippen LogP contribution in [0, 0.1) is 16.7 Å². The Morgan fingerprint density at radius 1 is 1.44 bits per heavy atom. The van der Waals surface area contributed by atoms with E-state index in [9.17, 15) is 21.6 Å². The lowest BCUT2D eigenvalue weighted by Crippen LogP contribution is -2.21. The number of nitrogens with zero attached hydrogens (tertiary/aromatic N) is 1. The van der Waals surface area contributed by atoms with Gasteiger partial charge in [0.2, 0.25) is 0 Å². The maximum Gasteiger partial charge on any atom is 0.441 e. The summed E-state index contributed by atoms with van der Waals surface area (Å²) in [6.45, 7) is 0. The molecule has 0 N–H and O–H groups in total. The number of halogens is 3. The molecule has 0 aliphatic carbocycles. The van der Waals surface area contributed by atoms with Crippen molar-refractivity contribution >= 4 is 21.6 Å². The average Bonchev–Trinajstić information content (AvgIpc) is 2.41. The van der Waals surface area contributed by atoms with E-state index in [-0.39, 0.29) is 41.9 Å². The Morgan fingerprint density at radius 3 is 2.44 bits per heavy atom. The lowest BCUT2D eigenvalue weighted by atomic mass is 9.87. The van der Waals surface area contributed by atoms with Gasteiger partial charge < -0.3 is 0 Å². The fraction of sp³-hybridized carbons (Fsp3) is 0.875. The highest BCUT2D eigenvalue weighted by Gasteiger charge is 2.43. The van der Waals surface area contributed by atoms with Gasteiger partial charge in [0.05, 0.1) is 23.0 Å². The molecule has 1 unspecified atom stereocenters. The Bertz CT molecular complexity index is 398. The van der Waals surface area contributed by atoms with Gasteiger partial charge in [-0.05, 0) is 12.8 Å². The molecule has 0 amide bonds. The lowest BCUT2D eigenvalue weighted by molar-refractivity contribution is -0.0328. The number of rotatable bonds is 3. The van der Waals surface area contributed by atoms with Gasteiger partial charge in [0.25, 0.3) is 0 Å². The Balaban J connectivity index is 2.55. The zero-order valence-corrected chi connectivity index (χ0v) is 9.88. The molecule has 0 saturated carbocycles. The van der Waals surface area contributed by atoms with E-state index in [1.807, 2.05) is 6.07 Å². The molecule has 3 nitrogen and oxygen atoms in total. The third kappa shape index (κ3) is 3.87. The summed E-state index contributed by atoms with van der Waals surface area (Å²) in [5, 5.41) is 8.87. The maximum absolute atomic E-state index is 11.9. The van der Waals surface area contributed by atoms with E-state index < -0.39 is 20.8 Å². The molecule has 0 aromatic carbocycles. The van der Waals surface area contributed by atoms with Crippen molar-refractivity contribution in [3.8, 4) is 6.07 Å². The number of hydrogen-bond acceptors (Lipinski definition) is 4. The first-order chi connectivity index (χ1) is 7.18. The van der Waals surface area contributed by atoms with Crippen molar-refractivity contribution < 1.29 is 21.6 Å². The van der Waals surface area contributed by atoms with Gasteiger partial charge in [-0.1, -0.05) is 11.8 Å². The molecule has 0 spiro atoms. The van der Waals surface area contributed by atoms with Gasteiger partial charge in [0.1, 0.15) is 0 Å². The number of thioether (sulfide) groups is 1. The SMILES string of the molecule is N#CC1(CCSC(F)(F)F)CCS(=O)(=O)C1. The van der Waals surface area contributed by atoms with E-state index in [2.05, 4.69) is 0 Å². The number of sulfone groups is 1. The third-order valence-electron chi connectivity index (χ3n) is 2.47. The molecule has 1 saturated heterocycles. The number of alkyl halides is 3. The normalized spacial score (nSPS) is 28.9. The molecule has 1 aliphatic heterocycles. The molecule has 8 heteroatoms. The molecule has 0 aromatic rings. The maximum atomic E-state index is 11.9. The Labute approximate surface area is 95.9 Å². The van der Waals surface area contributed by atoms with Crippen molar-refractivity contribution in [3.05, 3.63) is 0 Å². The van der Waals surface area contributed by atoms with Gasteiger partial charge in [-0.15, -0.1) is 0 Å². The summed E-state index contributed by atoms with van der Waals surface area (Å²) in [6, 6.07) is 1.86. The minimum Gasteiger partial charge on any atom is -0.229 e. The van der Waals surface area contributed by atoms with Gasteiger partial charge in [0.15, 0.2) is 9.84 Å². The van der Waals surface area contributed by atoms with E-state index in [0.717, 1.165) is 0 Å². The Hall–Kier alpha value is -0.420. The molecule has 0 bridgehead atoms. The van der Waals surface area contributed by atoms with Crippen LogP contribution in [-0.4, -0.2) is 31.2 Å². The van der Waals surface area contributed by atoms with Crippen molar-refractivity contribution in [2.24, 2.45) is 5.41 Å². The molecule has 1 atom stereocenters. The van der Waals surface area contributed by atoms with Crippen LogP contribution in [0.25, 0.3) is 0 Å². The van der Waals surface area contributed by atoms with Crippen LogP contribution < -0.4 is 0 Å². The van der Waals surface area contributed by atoms with Crippen molar-refractivity contribution in [3.63, 3.8) is 0 Å². The molecule has 92 valence electrons. The minimum absolute atomic E-state index is 0.0348. The van der Waals surface area contributed by atoms with E-state index in [0.29, 0.717) is 0 Å². The standard InChI is InChI=1S/C8H10F3NO2S2/c9-8(10,11)15-3-1-7(5-12)2-4-16(13,14)6-7/h1-4,6H2. The van der Waals surface area contributed by atoms with E-state index in [4.69, 9.17) is 5.26 Å². The second-order valence-electron chi connectivity index (χ2n) is 3.78. The number of nitriles is 1. The predicted molar refractivity (Wildman–Crippen MR) is 54.4 cm³/mol. The smallest absolute Gasteiger partial charge is 0.229 e. The summed E-state index contributed by atoms with van der Waals surface area (Å²) in [4.78, 5) is 0. The highest BCUT2D eigenvalue weighted by Crippen LogP contribution is 2.39. The van der Waals surface area contributed by atoms with Gasteiger partial charge in [-0.3, -0.25) is 0 Å². The van der Waals surface area contributed by atoms with Crippen molar-refractivity contribution in [1.29, 1.82) is 5.26 Å². The van der Waals surface area contributed by atoms with E-state index in [1.54, 1.807) is 0 Å². The summed E-state index contributed by atoms with van der Waals surface area (Å²) >= 11 is -0.211. The quantitative estimate of drug-likeness (QED) is 0.788. The van der Waals surface area contributed by atoms with Crippen LogP contribution in [0.2, 0.25) is 0 Å². The van der Waals surface area contributed by atoms with Crippen LogP contribution in [0.3, 0.4) is 0 Å². The molecular formula is C8H10F3NO2S2. The van der Waals surface area contributed by atoms with Gasteiger partial charge in [-0.2, -0.15) is 18.4 Å². The highest BCUT2D eigenvalue weighted by atomic mass is 32.2.